The van der Waals surface area contributed by atoms with Crippen molar-refractivity contribution in [2.24, 2.45) is 0 Å². The number of nitrogens with one attached hydrogen (secondary N) is 1. The Hall–Kier alpha value is -0.0800. The molecule has 1 N–H and O–H groups in total. The lowest BCUT2D eigenvalue weighted by Crippen LogP contribution is -2.28. The highest BCUT2D eigenvalue weighted by Gasteiger charge is 2.14. The summed E-state index contributed by atoms with van der Waals surface area (Å²) in [7, 11) is 0. The van der Waals surface area contributed by atoms with Crippen LogP contribution in [0.2, 0.25) is 0 Å². The lowest BCUT2D eigenvalue weighted by molar-refractivity contribution is 0.0509. The van der Waals surface area contributed by atoms with Gasteiger partial charge in [-0.05, 0) is 32.7 Å². The van der Waals surface area contributed by atoms with E-state index in [-0.39, 0.29) is 0 Å². The Morgan fingerprint density at radius 2 is 2.45 bits per heavy atom. The molecule has 2 atom stereocenters. The fourth-order valence-corrected chi connectivity index (χ4v) is 1.30. The van der Waals surface area contributed by atoms with Crippen molar-refractivity contribution in [3.63, 3.8) is 0 Å². The molecule has 0 bridgehead atoms. The van der Waals surface area contributed by atoms with Crippen molar-refractivity contribution in [3.05, 3.63) is 0 Å². The van der Waals surface area contributed by atoms with Gasteiger partial charge in [-0.3, -0.25) is 0 Å². The van der Waals surface area contributed by atoms with Gasteiger partial charge in [0.25, 0.3) is 0 Å². The molecule has 0 radical (unpaired) electrons. The summed E-state index contributed by atoms with van der Waals surface area (Å²) in [4.78, 5) is 0. The number of rotatable bonds is 4. The first-order valence-corrected chi connectivity index (χ1v) is 4.68. The van der Waals surface area contributed by atoms with E-state index in [0.29, 0.717) is 12.1 Å². The Balaban J connectivity index is 2.01. The van der Waals surface area contributed by atoms with Crippen molar-refractivity contribution in [1.29, 1.82) is 0 Å². The highest BCUT2D eigenvalue weighted by Crippen LogP contribution is 2.06. The highest BCUT2D eigenvalue weighted by molar-refractivity contribution is 4.73. The normalized spacial score (nSPS) is 27.3. The van der Waals surface area contributed by atoms with Gasteiger partial charge in [-0.1, -0.05) is 6.92 Å². The average molecular weight is 157 g/mol. The molecule has 0 aliphatic carbocycles. The van der Waals surface area contributed by atoms with Crippen LogP contribution in [0.4, 0.5) is 0 Å². The summed E-state index contributed by atoms with van der Waals surface area (Å²) >= 11 is 0. The van der Waals surface area contributed by atoms with Crippen molar-refractivity contribution in [2.75, 3.05) is 13.2 Å². The van der Waals surface area contributed by atoms with Gasteiger partial charge in [-0.15, -0.1) is 0 Å². The molecule has 11 heavy (non-hydrogen) atoms. The zero-order valence-corrected chi connectivity index (χ0v) is 7.60. The second-order valence-electron chi connectivity index (χ2n) is 3.35. The van der Waals surface area contributed by atoms with E-state index in [1.54, 1.807) is 0 Å². The number of ether oxygens (including phenoxy) is 1. The molecule has 0 spiro atoms. The highest BCUT2D eigenvalue weighted by atomic mass is 16.5. The van der Waals surface area contributed by atoms with E-state index in [2.05, 4.69) is 19.2 Å². The molecule has 2 heteroatoms. The molecule has 0 aromatic carbocycles. The third-order valence-corrected chi connectivity index (χ3v) is 2.32. The number of hydrogen-bond donors (Lipinski definition) is 1. The van der Waals surface area contributed by atoms with Crippen molar-refractivity contribution in [1.82, 2.24) is 5.32 Å². The van der Waals surface area contributed by atoms with Crippen LogP contribution in [-0.2, 0) is 4.74 Å². The SMILES string of the molecule is CCC(C)OC[C@@H]1CCCN1. The summed E-state index contributed by atoms with van der Waals surface area (Å²) in [5.41, 5.74) is 0. The van der Waals surface area contributed by atoms with Crippen LogP contribution < -0.4 is 5.32 Å². The fraction of sp³-hybridized carbons (Fsp3) is 1.00. The molecule has 0 saturated carbocycles. The maximum atomic E-state index is 5.61. The first kappa shape index (κ1) is 9.01. The van der Waals surface area contributed by atoms with Gasteiger partial charge in [-0.25, -0.2) is 0 Å². The minimum Gasteiger partial charge on any atom is -0.377 e. The second kappa shape index (κ2) is 4.73. The van der Waals surface area contributed by atoms with Gasteiger partial charge < -0.3 is 10.1 Å². The van der Waals surface area contributed by atoms with Gasteiger partial charge in [0, 0.05) is 6.04 Å². The van der Waals surface area contributed by atoms with Crippen molar-refractivity contribution in [2.45, 2.75) is 45.3 Å². The zero-order chi connectivity index (χ0) is 8.10. The van der Waals surface area contributed by atoms with Gasteiger partial charge in [0.1, 0.15) is 0 Å². The van der Waals surface area contributed by atoms with Gasteiger partial charge in [0.05, 0.1) is 12.7 Å². The molecule has 2 nitrogen and oxygen atoms in total. The third kappa shape index (κ3) is 3.21. The summed E-state index contributed by atoms with van der Waals surface area (Å²) in [6.45, 7) is 6.37. The molecule has 1 unspecified atom stereocenters. The Kier molecular flexibility index (Phi) is 3.87. The summed E-state index contributed by atoms with van der Waals surface area (Å²) in [6, 6.07) is 0.629. The van der Waals surface area contributed by atoms with Gasteiger partial charge in [-0.2, -0.15) is 0 Å². The lowest BCUT2D eigenvalue weighted by Gasteiger charge is -2.14. The summed E-state index contributed by atoms with van der Waals surface area (Å²) in [5.74, 6) is 0. The quantitative estimate of drug-likeness (QED) is 0.668. The van der Waals surface area contributed by atoms with Crippen LogP contribution in [0.1, 0.15) is 33.1 Å². The van der Waals surface area contributed by atoms with E-state index < -0.39 is 0 Å². The van der Waals surface area contributed by atoms with Crippen LogP contribution in [0.15, 0.2) is 0 Å². The predicted octanol–water partition coefficient (Wildman–Crippen LogP) is 1.55. The van der Waals surface area contributed by atoms with Gasteiger partial charge >= 0.3 is 0 Å². The zero-order valence-electron chi connectivity index (χ0n) is 7.60. The third-order valence-electron chi connectivity index (χ3n) is 2.32. The standard InChI is InChI=1S/C9H19NO/c1-3-8(2)11-7-9-5-4-6-10-9/h8-10H,3-7H2,1-2H3/t8?,9-/m0/s1. The molecule has 1 rings (SSSR count). The van der Waals surface area contributed by atoms with E-state index in [9.17, 15) is 0 Å². The summed E-state index contributed by atoms with van der Waals surface area (Å²) in [6.07, 6.45) is 4.15. The molecule has 0 aromatic rings. The molecular formula is C9H19NO. The maximum Gasteiger partial charge on any atom is 0.0623 e. The smallest absolute Gasteiger partial charge is 0.0623 e. The molecule has 1 aliphatic heterocycles. The van der Waals surface area contributed by atoms with Crippen molar-refractivity contribution >= 4 is 0 Å². The Bertz CT molecular complexity index is 99.7. The average Bonchev–Trinajstić information content (AvgIpc) is 2.52. The van der Waals surface area contributed by atoms with Crippen molar-refractivity contribution in [3.8, 4) is 0 Å². The fourth-order valence-electron chi connectivity index (χ4n) is 1.30. The Labute approximate surface area is 69.3 Å². The second-order valence-corrected chi connectivity index (χ2v) is 3.35. The van der Waals surface area contributed by atoms with Crippen LogP contribution in [0.25, 0.3) is 0 Å². The largest absolute Gasteiger partial charge is 0.377 e. The van der Waals surface area contributed by atoms with Crippen LogP contribution in [-0.4, -0.2) is 25.3 Å². The molecule has 0 amide bonds. The van der Waals surface area contributed by atoms with E-state index in [0.717, 1.165) is 13.0 Å². The first-order valence-electron chi connectivity index (χ1n) is 4.68. The Morgan fingerprint density at radius 1 is 1.64 bits per heavy atom. The van der Waals surface area contributed by atoms with Crippen LogP contribution in [0.3, 0.4) is 0 Å². The molecule has 66 valence electrons. The lowest BCUT2D eigenvalue weighted by atomic mass is 10.2. The van der Waals surface area contributed by atoms with E-state index in [1.165, 1.54) is 19.4 Å². The first-order chi connectivity index (χ1) is 5.33. The van der Waals surface area contributed by atoms with Gasteiger partial charge in [0.15, 0.2) is 0 Å². The summed E-state index contributed by atoms with van der Waals surface area (Å²) in [5, 5.41) is 3.41. The monoisotopic (exact) mass is 157 g/mol. The van der Waals surface area contributed by atoms with E-state index in [4.69, 9.17) is 4.74 Å². The minimum atomic E-state index is 0.428. The molecule has 1 saturated heterocycles. The van der Waals surface area contributed by atoms with Gasteiger partial charge in [0.2, 0.25) is 0 Å². The Morgan fingerprint density at radius 3 is 3.00 bits per heavy atom. The molecule has 1 heterocycles. The molecular weight excluding hydrogens is 138 g/mol. The van der Waals surface area contributed by atoms with Crippen molar-refractivity contribution < 1.29 is 4.74 Å². The van der Waals surface area contributed by atoms with Crippen LogP contribution in [0.5, 0.6) is 0 Å². The van der Waals surface area contributed by atoms with E-state index >= 15 is 0 Å². The molecule has 0 aromatic heterocycles. The molecule has 1 fully saturated rings. The van der Waals surface area contributed by atoms with Crippen LogP contribution in [0, 0.1) is 0 Å². The maximum absolute atomic E-state index is 5.61. The van der Waals surface area contributed by atoms with Crippen LogP contribution >= 0.6 is 0 Å². The minimum absolute atomic E-state index is 0.428. The van der Waals surface area contributed by atoms with E-state index in [1.807, 2.05) is 0 Å². The number of hydrogen-bond acceptors (Lipinski definition) is 2. The predicted molar refractivity (Wildman–Crippen MR) is 46.7 cm³/mol. The molecule has 1 aliphatic rings. The summed E-state index contributed by atoms with van der Waals surface area (Å²) < 4.78 is 5.61. The topological polar surface area (TPSA) is 21.3 Å².